The smallest absolute Gasteiger partial charge is 0.793 e. The molecule has 0 saturated heterocycles. The molecule has 0 atom stereocenters. The minimum Gasteiger partial charge on any atom is -0.793 e. The molecular weight excluding hydrogens is 423 g/mol. The zero-order valence-electron chi connectivity index (χ0n) is 17.0. The van der Waals surface area contributed by atoms with Crippen molar-refractivity contribution in [3.8, 4) is 0 Å². The van der Waals surface area contributed by atoms with Crippen molar-refractivity contribution >= 4 is 49.2 Å². The average molecular weight is 467 g/mol. The van der Waals surface area contributed by atoms with Crippen molar-refractivity contribution in [2.75, 3.05) is 11.5 Å². The van der Waals surface area contributed by atoms with Gasteiger partial charge in [-0.15, -0.1) is 0 Å². The van der Waals surface area contributed by atoms with Crippen LogP contribution in [0.25, 0.3) is 0 Å². The molecule has 23 heavy (non-hydrogen) atoms. The van der Waals surface area contributed by atoms with Crippen LogP contribution in [0.15, 0.2) is 0 Å². The van der Waals surface area contributed by atoms with E-state index in [4.69, 9.17) is 25.3 Å². The van der Waals surface area contributed by atoms with Gasteiger partial charge in [0.1, 0.15) is 0 Å². The Morgan fingerprint density at radius 2 is 0.826 bits per heavy atom. The van der Waals surface area contributed by atoms with Crippen molar-refractivity contribution in [3.05, 3.63) is 12.8 Å². The molecule has 0 fully saturated rings. The summed E-state index contributed by atoms with van der Waals surface area (Å²) < 4.78 is 0. The summed E-state index contributed by atoms with van der Waals surface area (Å²) in [6.07, 6.45) is 17.1. The molecule has 0 aliphatic carbocycles. The van der Waals surface area contributed by atoms with Crippen LogP contribution >= 0.6 is 0 Å². The summed E-state index contributed by atoms with van der Waals surface area (Å²) in [6.45, 7) is 12.8. The van der Waals surface area contributed by atoms with Crippen molar-refractivity contribution in [2.45, 2.75) is 106 Å². The van der Waals surface area contributed by atoms with Crippen molar-refractivity contribution in [2.24, 2.45) is 0 Å². The maximum Gasteiger partial charge on any atom is 2.00 e. The van der Waals surface area contributed by atoms with Crippen LogP contribution in [0.2, 0.25) is 0 Å². The number of hydrogen-bond donors (Lipinski definition) is 0. The maximum absolute atomic E-state index is 4.77. The quantitative estimate of drug-likeness (QED) is 0.191. The van der Waals surface area contributed by atoms with Gasteiger partial charge < -0.3 is 25.3 Å². The summed E-state index contributed by atoms with van der Waals surface area (Å²) in [4.78, 5) is 0. The second kappa shape index (κ2) is 49.5. The van der Waals surface area contributed by atoms with Gasteiger partial charge >= 0.3 is 23.9 Å². The third-order valence-electron chi connectivity index (χ3n) is 2.81. The summed E-state index contributed by atoms with van der Waals surface area (Å²) in [7, 11) is 0. The van der Waals surface area contributed by atoms with E-state index < -0.39 is 0 Å². The molecule has 0 nitrogen and oxygen atoms in total. The third kappa shape index (κ3) is 82.1. The van der Waals surface area contributed by atoms with E-state index in [9.17, 15) is 0 Å². The molecule has 4 radical (unpaired) electrons. The van der Waals surface area contributed by atoms with Gasteiger partial charge in [0.05, 0.1) is 0 Å². The first kappa shape index (κ1) is 35.6. The Kier molecular flexibility index (Phi) is 76.6. The number of rotatable bonds is 10. The van der Waals surface area contributed by atoms with E-state index in [1.807, 2.05) is 0 Å². The molecular formula is C20H44S2Sn. The molecule has 3 heteroatoms. The Morgan fingerprint density at radius 1 is 0.565 bits per heavy atom. The van der Waals surface area contributed by atoms with Gasteiger partial charge in [0.15, 0.2) is 0 Å². The SMILES string of the molecule is CCCCCC[S-].CCCCCC[S-].C[CH]CC.C[CH]CC.[Sn+2]. The first-order valence-corrected chi connectivity index (χ1v) is 10.5. The Morgan fingerprint density at radius 3 is 0.957 bits per heavy atom. The summed E-state index contributed by atoms with van der Waals surface area (Å²) >= 11 is 9.53. The second-order valence-corrected chi connectivity index (χ2v) is 5.98. The van der Waals surface area contributed by atoms with Gasteiger partial charge in [0.25, 0.3) is 0 Å². The fourth-order valence-electron chi connectivity index (χ4n) is 1.06. The van der Waals surface area contributed by atoms with Crippen LogP contribution in [0.3, 0.4) is 0 Å². The fourth-order valence-corrected chi connectivity index (χ4v) is 1.47. The standard InChI is InChI=1S/2C6H14S.2C4H9.Sn/c2*1-2-3-4-5-6-7;2*1-3-4-2;/h2*7H,2-6H2,1H3;2*3H,4H2,1-2H3;/q;;;;+2/p-2. The van der Waals surface area contributed by atoms with Crippen LogP contribution in [0.1, 0.15) is 106 Å². The van der Waals surface area contributed by atoms with E-state index >= 15 is 0 Å². The number of hydrogen-bond acceptors (Lipinski definition) is 2. The van der Waals surface area contributed by atoms with Crippen molar-refractivity contribution in [3.63, 3.8) is 0 Å². The van der Waals surface area contributed by atoms with Crippen molar-refractivity contribution < 1.29 is 0 Å². The molecule has 0 spiro atoms. The summed E-state index contributed by atoms with van der Waals surface area (Å²) in [5.74, 6) is 1.89. The molecule has 0 aromatic rings. The van der Waals surface area contributed by atoms with Crippen molar-refractivity contribution in [1.29, 1.82) is 0 Å². The second-order valence-electron chi connectivity index (χ2n) is 5.16. The maximum atomic E-state index is 4.77. The number of unbranched alkanes of at least 4 members (excludes halogenated alkanes) is 8. The molecule has 0 bridgehead atoms. The molecule has 0 rings (SSSR count). The minimum absolute atomic E-state index is 0. The Bertz CT molecular complexity index is 96.2. The zero-order valence-corrected chi connectivity index (χ0v) is 21.4. The van der Waals surface area contributed by atoms with E-state index in [0.717, 1.165) is 11.5 Å². The normalized spacial score (nSPS) is 8.35. The molecule has 0 heterocycles. The van der Waals surface area contributed by atoms with E-state index in [2.05, 4.69) is 54.4 Å². The first-order chi connectivity index (χ1) is 10.7. The molecule has 0 aromatic heterocycles. The molecule has 0 unspecified atom stereocenters. The van der Waals surface area contributed by atoms with E-state index in [1.165, 1.54) is 64.2 Å². The van der Waals surface area contributed by atoms with E-state index in [0.29, 0.717) is 0 Å². The van der Waals surface area contributed by atoms with Gasteiger partial charge in [-0.3, -0.25) is 0 Å². The van der Waals surface area contributed by atoms with Gasteiger partial charge in [0.2, 0.25) is 0 Å². The zero-order chi connectivity index (χ0) is 17.9. The molecule has 0 aliphatic heterocycles. The average Bonchev–Trinajstić information content (AvgIpc) is 2.57. The van der Waals surface area contributed by atoms with Gasteiger partial charge in [0, 0.05) is 0 Å². The largest absolute Gasteiger partial charge is 2.00 e. The molecule has 0 saturated carbocycles. The monoisotopic (exact) mass is 468 g/mol. The van der Waals surface area contributed by atoms with Crippen LogP contribution in [-0.2, 0) is 25.3 Å². The Balaban J connectivity index is -0.0000000639. The van der Waals surface area contributed by atoms with Gasteiger partial charge in [-0.05, 0) is 12.8 Å². The van der Waals surface area contributed by atoms with Crippen LogP contribution in [-0.4, -0.2) is 35.4 Å². The van der Waals surface area contributed by atoms with E-state index in [-0.39, 0.29) is 23.9 Å². The van der Waals surface area contributed by atoms with Gasteiger partial charge in [-0.2, -0.15) is 11.5 Å². The van der Waals surface area contributed by atoms with Crippen molar-refractivity contribution in [1.82, 2.24) is 0 Å². The summed E-state index contributed by atoms with van der Waals surface area (Å²) in [6, 6.07) is 0. The predicted octanol–water partition coefficient (Wildman–Crippen LogP) is 7.09. The molecule has 140 valence electrons. The molecule has 0 aromatic carbocycles. The fraction of sp³-hybridized carbons (Fsp3) is 0.900. The molecule has 0 N–H and O–H groups in total. The van der Waals surface area contributed by atoms with Gasteiger partial charge in [-0.1, -0.05) is 106 Å². The predicted molar refractivity (Wildman–Crippen MR) is 119 cm³/mol. The van der Waals surface area contributed by atoms with E-state index in [1.54, 1.807) is 0 Å². The summed E-state index contributed by atoms with van der Waals surface area (Å²) in [5.41, 5.74) is 0. The summed E-state index contributed by atoms with van der Waals surface area (Å²) in [5, 5.41) is 0. The topological polar surface area (TPSA) is 0 Å². The van der Waals surface area contributed by atoms with Crippen LogP contribution in [0.4, 0.5) is 0 Å². The molecule has 0 aliphatic rings. The van der Waals surface area contributed by atoms with Crippen LogP contribution in [0, 0.1) is 12.8 Å². The third-order valence-corrected chi connectivity index (χ3v) is 3.39. The molecule has 0 amide bonds. The Hall–Kier alpha value is 1.50. The van der Waals surface area contributed by atoms with Crippen LogP contribution < -0.4 is 0 Å². The van der Waals surface area contributed by atoms with Crippen LogP contribution in [0.5, 0.6) is 0 Å². The first-order valence-electron chi connectivity index (χ1n) is 9.38. The van der Waals surface area contributed by atoms with Gasteiger partial charge in [-0.25, -0.2) is 0 Å². The Labute approximate surface area is 178 Å². The minimum atomic E-state index is 0.